The van der Waals surface area contributed by atoms with Gasteiger partial charge in [-0.25, -0.2) is 0 Å². The summed E-state index contributed by atoms with van der Waals surface area (Å²) in [6.45, 7) is 1.68. The van der Waals surface area contributed by atoms with E-state index in [2.05, 4.69) is 10.6 Å². The van der Waals surface area contributed by atoms with Crippen molar-refractivity contribution in [3.05, 3.63) is 76.6 Å². The first kappa shape index (κ1) is 17.3. The van der Waals surface area contributed by atoms with Crippen LogP contribution in [0.15, 0.2) is 60.7 Å². The molecule has 3 aromatic rings. The molecule has 0 fully saturated rings. The molecule has 0 aliphatic heterocycles. The Morgan fingerprint density at radius 3 is 2.62 bits per heavy atom. The van der Waals surface area contributed by atoms with E-state index in [1.54, 1.807) is 6.92 Å². The van der Waals surface area contributed by atoms with Gasteiger partial charge in [-0.1, -0.05) is 36.4 Å². The van der Waals surface area contributed by atoms with Gasteiger partial charge in [-0.3, -0.25) is 14.9 Å². The van der Waals surface area contributed by atoms with Gasteiger partial charge < -0.3 is 10.6 Å². The van der Waals surface area contributed by atoms with E-state index < -0.39 is 22.5 Å². The summed E-state index contributed by atoms with van der Waals surface area (Å²) in [4.78, 5) is 22.4. The number of nitro benzene ring substituents is 1. The van der Waals surface area contributed by atoms with Crippen molar-refractivity contribution in [1.82, 2.24) is 0 Å². The lowest BCUT2D eigenvalue weighted by Gasteiger charge is -2.17. The maximum atomic E-state index is 13.4. The van der Waals surface area contributed by atoms with Crippen LogP contribution in [0.3, 0.4) is 0 Å². The number of nitrogens with zero attached hydrogens (tertiary/aromatic N) is 1. The van der Waals surface area contributed by atoms with Gasteiger partial charge in [0.25, 0.3) is 0 Å². The fraction of sp³-hybridized carbons (Fsp3) is 0.105. The van der Waals surface area contributed by atoms with Crippen molar-refractivity contribution < 1.29 is 14.1 Å². The summed E-state index contributed by atoms with van der Waals surface area (Å²) in [7, 11) is 0. The van der Waals surface area contributed by atoms with Gasteiger partial charge in [0.1, 0.15) is 6.04 Å². The van der Waals surface area contributed by atoms with Crippen molar-refractivity contribution in [3.63, 3.8) is 0 Å². The highest BCUT2D eigenvalue weighted by Gasteiger charge is 2.18. The molecule has 0 bridgehead atoms. The van der Waals surface area contributed by atoms with E-state index in [9.17, 15) is 19.3 Å². The topological polar surface area (TPSA) is 84.3 Å². The normalized spacial score (nSPS) is 11.8. The Balaban J connectivity index is 1.76. The molecule has 26 heavy (non-hydrogen) atoms. The Morgan fingerprint density at radius 2 is 1.85 bits per heavy atom. The number of hydrogen-bond donors (Lipinski definition) is 2. The quantitative estimate of drug-likeness (QED) is 0.528. The Morgan fingerprint density at radius 1 is 1.12 bits per heavy atom. The van der Waals surface area contributed by atoms with Crippen LogP contribution in [0.5, 0.6) is 0 Å². The average Bonchev–Trinajstić information content (AvgIpc) is 2.63. The van der Waals surface area contributed by atoms with Gasteiger partial charge in [0.05, 0.1) is 4.92 Å². The molecular weight excluding hydrogens is 337 g/mol. The van der Waals surface area contributed by atoms with Crippen molar-refractivity contribution in [3.8, 4) is 0 Å². The molecule has 2 N–H and O–H groups in total. The molecular formula is C19H16FN3O3. The molecule has 0 aliphatic carbocycles. The van der Waals surface area contributed by atoms with Crippen LogP contribution >= 0.6 is 0 Å². The van der Waals surface area contributed by atoms with E-state index in [1.165, 1.54) is 6.07 Å². The molecule has 0 spiro atoms. The monoisotopic (exact) mass is 353 g/mol. The van der Waals surface area contributed by atoms with Crippen molar-refractivity contribution in [2.24, 2.45) is 0 Å². The lowest BCUT2D eigenvalue weighted by atomic mass is 10.1. The first-order valence-electron chi connectivity index (χ1n) is 7.95. The molecule has 7 heteroatoms. The second kappa shape index (κ2) is 7.18. The molecule has 6 nitrogen and oxygen atoms in total. The van der Waals surface area contributed by atoms with Gasteiger partial charge in [-0.2, -0.15) is 4.39 Å². The second-order valence-corrected chi connectivity index (χ2v) is 5.81. The van der Waals surface area contributed by atoms with Crippen molar-refractivity contribution in [2.45, 2.75) is 13.0 Å². The number of fused-ring (bicyclic) bond motifs is 1. The minimum atomic E-state index is -0.949. The van der Waals surface area contributed by atoms with E-state index in [1.807, 2.05) is 42.5 Å². The van der Waals surface area contributed by atoms with E-state index in [0.29, 0.717) is 0 Å². The highest BCUT2D eigenvalue weighted by Crippen LogP contribution is 2.24. The van der Waals surface area contributed by atoms with Gasteiger partial charge in [0, 0.05) is 22.8 Å². The SMILES string of the molecule is C[C@H](Nc1cccc2ccccc12)C(=O)Nc1ccc(F)c([N+](=O)[O-])c1. The molecule has 0 aliphatic rings. The van der Waals surface area contributed by atoms with Crippen LogP contribution < -0.4 is 10.6 Å². The van der Waals surface area contributed by atoms with Crippen molar-refractivity contribution in [2.75, 3.05) is 10.6 Å². The summed E-state index contributed by atoms with van der Waals surface area (Å²) >= 11 is 0. The van der Waals surface area contributed by atoms with Gasteiger partial charge in [0.15, 0.2) is 0 Å². The minimum Gasteiger partial charge on any atom is -0.373 e. The molecule has 3 aromatic carbocycles. The van der Waals surface area contributed by atoms with Gasteiger partial charge in [0.2, 0.25) is 11.7 Å². The number of carbonyl (C=O) groups is 1. The number of benzene rings is 3. The maximum Gasteiger partial charge on any atom is 0.306 e. The van der Waals surface area contributed by atoms with Gasteiger partial charge in [-0.15, -0.1) is 0 Å². The fourth-order valence-electron chi connectivity index (χ4n) is 2.63. The maximum absolute atomic E-state index is 13.4. The van der Waals surface area contributed by atoms with Crippen LogP contribution in [0, 0.1) is 15.9 Å². The summed E-state index contributed by atoms with van der Waals surface area (Å²) in [5.41, 5.74) is 0.281. The average molecular weight is 353 g/mol. The minimum absolute atomic E-state index is 0.162. The Bertz CT molecular complexity index is 985. The predicted molar refractivity (Wildman–Crippen MR) is 98.7 cm³/mol. The largest absolute Gasteiger partial charge is 0.373 e. The summed E-state index contributed by atoms with van der Waals surface area (Å²) in [6, 6.07) is 16.1. The smallest absolute Gasteiger partial charge is 0.306 e. The molecule has 0 aromatic heterocycles. The number of hydrogen-bond acceptors (Lipinski definition) is 4. The van der Waals surface area contributed by atoms with Gasteiger partial charge in [-0.05, 0) is 30.5 Å². The van der Waals surface area contributed by atoms with Crippen molar-refractivity contribution >= 4 is 33.7 Å². The Kier molecular flexibility index (Phi) is 4.79. The van der Waals surface area contributed by atoms with E-state index in [-0.39, 0.29) is 11.6 Å². The summed E-state index contributed by atoms with van der Waals surface area (Å²) in [5, 5.41) is 18.5. The molecule has 132 valence electrons. The summed E-state index contributed by atoms with van der Waals surface area (Å²) in [6.07, 6.45) is 0. The van der Waals surface area contributed by atoms with Crippen LogP contribution in [-0.4, -0.2) is 16.9 Å². The third kappa shape index (κ3) is 3.61. The number of halogens is 1. The number of carbonyl (C=O) groups excluding carboxylic acids is 1. The molecule has 0 saturated heterocycles. The molecule has 1 atom stereocenters. The molecule has 3 rings (SSSR count). The van der Waals surface area contributed by atoms with Crippen LogP contribution in [0.2, 0.25) is 0 Å². The lowest BCUT2D eigenvalue weighted by Crippen LogP contribution is -2.31. The second-order valence-electron chi connectivity index (χ2n) is 5.81. The summed E-state index contributed by atoms with van der Waals surface area (Å²) in [5.74, 6) is -1.34. The number of nitrogens with one attached hydrogen (secondary N) is 2. The predicted octanol–water partition coefficient (Wildman–Crippen LogP) is 4.33. The zero-order valence-electron chi connectivity index (χ0n) is 13.9. The molecule has 0 saturated carbocycles. The third-order valence-electron chi connectivity index (χ3n) is 3.97. The van der Waals surface area contributed by atoms with E-state index >= 15 is 0 Å². The Labute approximate surface area is 148 Å². The number of anilines is 2. The zero-order valence-corrected chi connectivity index (χ0v) is 13.9. The molecule has 0 radical (unpaired) electrons. The zero-order chi connectivity index (χ0) is 18.7. The highest BCUT2D eigenvalue weighted by atomic mass is 19.1. The first-order valence-corrected chi connectivity index (χ1v) is 7.95. The highest BCUT2D eigenvalue weighted by molar-refractivity contribution is 5.99. The molecule has 0 unspecified atom stereocenters. The van der Waals surface area contributed by atoms with Gasteiger partial charge >= 0.3 is 5.69 Å². The third-order valence-corrected chi connectivity index (χ3v) is 3.97. The fourth-order valence-corrected chi connectivity index (χ4v) is 2.63. The number of nitro groups is 1. The standard InChI is InChI=1S/C19H16FN3O3/c1-12(21-17-8-4-6-13-5-2-3-7-15(13)17)19(24)22-14-9-10-16(20)18(11-14)23(25)26/h2-12,21H,1H3,(H,22,24)/t12-/m0/s1. The van der Waals surface area contributed by atoms with E-state index in [0.717, 1.165) is 28.6 Å². The number of rotatable bonds is 5. The molecule has 0 heterocycles. The number of amides is 1. The Hall–Kier alpha value is -3.48. The summed E-state index contributed by atoms with van der Waals surface area (Å²) < 4.78 is 13.4. The molecule has 1 amide bonds. The first-order chi connectivity index (χ1) is 12.5. The lowest BCUT2D eigenvalue weighted by molar-refractivity contribution is -0.387. The van der Waals surface area contributed by atoms with Crippen LogP contribution in [-0.2, 0) is 4.79 Å². The van der Waals surface area contributed by atoms with Crippen LogP contribution in [0.4, 0.5) is 21.5 Å². The van der Waals surface area contributed by atoms with Crippen LogP contribution in [0.1, 0.15) is 6.92 Å². The van der Waals surface area contributed by atoms with Crippen LogP contribution in [0.25, 0.3) is 10.8 Å². The van der Waals surface area contributed by atoms with Crippen molar-refractivity contribution in [1.29, 1.82) is 0 Å². The van der Waals surface area contributed by atoms with E-state index in [4.69, 9.17) is 0 Å².